The van der Waals surface area contributed by atoms with E-state index in [0.29, 0.717) is 0 Å². The molecule has 0 heterocycles. The molecule has 0 N–H and O–H groups in total. The predicted molar refractivity (Wildman–Crippen MR) is 149 cm³/mol. The van der Waals surface area contributed by atoms with E-state index in [1.54, 1.807) is 0 Å². The summed E-state index contributed by atoms with van der Waals surface area (Å²) in [6.07, 6.45) is 11.4. The van der Waals surface area contributed by atoms with Crippen molar-refractivity contribution in [2.75, 3.05) is 0 Å². The van der Waals surface area contributed by atoms with E-state index in [-0.39, 0.29) is 0 Å². The highest BCUT2D eigenvalue weighted by Gasteiger charge is 2.40. The molecule has 0 aromatic heterocycles. The van der Waals surface area contributed by atoms with Crippen molar-refractivity contribution in [1.29, 1.82) is 0 Å². The maximum Gasteiger partial charge on any atom is -0.0352 e. The lowest BCUT2D eigenvalue weighted by Crippen LogP contribution is -2.40. The molecule has 0 aromatic carbocycles. The summed E-state index contributed by atoms with van der Waals surface area (Å²) in [4.78, 5) is 0. The zero-order chi connectivity index (χ0) is 25.0. The van der Waals surface area contributed by atoms with E-state index in [1.807, 2.05) is 13.8 Å². The Bertz CT molecular complexity index is 427. The lowest BCUT2D eigenvalue weighted by molar-refractivity contribution is 0.0170. The molecule has 0 amide bonds. The van der Waals surface area contributed by atoms with Gasteiger partial charge in [0, 0.05) is 0 Å². The molecule has 2 rings (SSSR count). The van der Waals surface area contributed by atoms with Crippen LogP contribution in [-0.4, -0.2) is 0 Å². The fourth-order valence-corrected chi connectivity index (χ4v) is 7.18. The van der Waals surface area contributed by atoms with Gasteiger partial charge in [0.15, 0.2) is 0 Å². The van der Waals surface area contributed by atoms with Crippen molar-refractivity contribution in [3.05, 3.63) is 0 Å². The van der Waals surface area contributed by atoms with E-state index in [4.69, 9.17) is 0 Å². The molecule has 2 aliphatic rings. The van der Waals surface area contributed by atoms with Crippen molar-refractivity contribution in [3.8, 4) is 0 Å². The van der Waals surface area contributed by atoms with Gasteiger partial charge in [-0.25, -0.2) is 0 Å². The molecular formula is C32H66. The lowest BCUT2D eigenvalue weighted by atomic mass is 9.58. The van der Waals surface area contributed by atoms with Gasteiger partial charge in [0.05, 0.1) is 0 Å². The van der Waals surface area contributed by atoms with Crippen molar-refractivity contribution in [2.45, 2.75) is 141 Å². The highest BCUT2D eigenvalue weighted by molar-refractivity contribution is 4.90. The van der Waals surface area contributed by atoms with Gasteiger partial charge in [0.1, 0.15) is 0 Å². The first-order valence-electron chi connectivity index (χ1n) is 15.1. The lowest BCUT2D eigenvalue weighted by Gasteiger charge is -2.47. The number of rotatable bonds is 7. The number of hydrogen-bond acceptors (Lipinski definition) is 0. The second-order valence-electron chi connectivity index (χ2n) is 12.1. The maximum absolute atomic E-state index is 2.51. The van der Waals surface area contributed by atoms with Gasteiger partial charge in [-0.2, -0.15) is 0 Å². The standard InChI is InChI=1S/C17H34.C13H26.C2H6/c1-7-10-16-15(9-3)14(6)13(5)11-17(16)12(4)8-2;1-6-9(2)13-7-10(3)12(5)11(4)8-13;1-2/h12-17H,7-11H2,1-6H3;9-13H,6-8H2,1-5H3;1-2H3. The molecule has 2 saturated carbocycles. The molecular weight excluding hydrogens is 384 g/mol. The Morgan fingerprint density at radius 2 is 1.09 bits per heavy atom. The minimum absolute atomic E-state index is 0.926. The quantitative estimate of drug-likeness (QED) is 0.361. The second kappa shape index (κ2) is 16.6. The summed E-state index contributed by atoms with van der Waals surface area (Å²) in [5, 5.41) is 0. The summed E-state index contributed by atoms with van der Waals surface area (Å²) >= 11 is 0. The fraction of sp³-hybridized carbons (Fsp3) is 1.00. The van der Waals surface area contributed by atoms with E-state index in [9.17, 15) is 0 Å². The van der Waals surface area contributed by atoms with Crippen LogP contribution < -0.4 is 0 Å². The van der Waals surface area contributed by atoms with Gasteiger partial charge in [-0.05, 0) is 84.4 Å². The van der Waals surface area contributed by atoms with E-state index in [0.717, 1.165) is 65.1 Å². The first kappa shape index (κ1) is 32.0. The Hall–Kier alpha value is 0. The Morgan fingerprint density at radius 3 is 1.50 bits per heavy atom. The van der Waals surface area contributed by atoms with Gasteiger partial charge in [-0.15, -0.1) is 0 Å². The van der Waals surface area contributed by atoms with Crippen molar-refractivity contribution in [3.63, 3.8) is 0 Å². The molecule has 9 unspecified atom stereocenters. The Balaban J connectivity index is 0.000000574. The van der Waals surface area contributed by atoms with E-state index >= 15 is 0 Å². The Labute approximate surface area is 206 Å². The van der Waals surface area contributed by atoms with Gasteiger partial charge in [-0.1, -0.05) is 122 Å². The van der Waals surface area contributed by atoms with Crippen LogP contribution in [0.1, 0.15) is 141 Å². The molecule has 0 aromatic rings. The fourth-order valence-electron chi connectivity index (χ4n) is 7.18. The first-order valence-corrected chi connectivity index (χ1v) is 15.1. The van der Waals surface area contributed by atoms with Crippen LogP contribution >= 0.6 is 0 Å². The monoisotopic (exact) mass is 451 g/mol. The Morgan fingerprint density at radius 1 is 0.625 bits per heavy atom. The van der Waals surface area contributed by atoms with Crippen LogP contribution in [-0.2, 0) is 0 Å². The molecule has 2 fully saturated rings. The van der Waals surface area contributed by atoms with Crippen LogP contribution in [0.3, 0.4) is 0 Å². The highest BCUT2D eigenvalue weighted by atomic mass is 14.5. The zero-order valence-electron chi connectivity index (χ0n) is 25.0. The van der Waals surface area contributed by atoms with Gasteiger partial charge in [-0.3, -0.25) is 0 Å². The topological polar surface area (TPSA) is 0 Å². The average Bonchev–Trinajstić information content (AvgIpc) is 2.80. The van der Waals surface area contributed by atoms with Gasteiger partial charge in [0.25, 0.3) is 0 Å². The van der Waals surface area contributed by atoms with Crippen LogP contribution in [0, 0.1) is 65.1 Å². The van der Waals surface area contributed by atoms with Crippen molar-refractivity contribution in [1.82, 2.24) is 0 Å². The van der Waals surface area contributed by atoms with Crippen molar-refractivity contribution < 1.29 is 0 Å². The molecule has 0 radical (unpaired) electrons. The van der Waals surface area contributed by atoms with Crippen LogP contribution in [0.25, 0.3) is 0 Å². The summed E-state index contributed by atoms with van der Waals surface area (Å²) in [6.45, 7) is 30.7. The molecule has 0 aliphatic heterocycles. The number of hydrogen-bond donors (Lipinski definition) is 0. The average molecular weight is 451 g/mol. The maximum atomic E-state index is 2.51. The zero-order valence-corrected chi connectivity index (χ0v) is 25.0. The molecule has 0 saturated heterocycles. The third-order valence-corrected chi connectivity index (χ3v) is 10.4. The highest BCUT2D eigenvalue weighted by Crippen LogP contribution is 2.48. The minimum atomic E-state index is 0.926. The first-order chi connectivity index (χ1) is 15.1. The summed E-state index contributed by atoms with van der Waals surface area (Å²) in [6, 6.07) is 0. The summed E-state index contributed by atoms with van der Waals surface area (Å²) < 4.78 is 0. The van der Waals surface area contributed by atoms with Crippen molar-refractivity contribution in [2.24, 2.45) is 65.1 Å². The van der Waals surface area contributed by atoms with E-state index in [2.05, 4.69) is 76.2 Å². The third-order valence-electron chi connectivity index (χ3n) is 10.4. The van der Waals surface area contributed by atoms with E-state index < -0.39 is 0 Å². The van der Waals surface area contributed by atoms with Crippen LogP contribution in [0.4, 0.5) is 0 Å². The summed E-state index contributed by atoms with van der Waals surface area (Å²) in [5.41, 5.74) is 0. The molecule has 32 heavy (non-hydrogen) atoms. The van der Waals surface area contributed by atoms with Gasteiger partial charge < -0.3 is 0 Å². The smallest absolute Gasteiger partial charge is 0.0352 e. The molecule has 9 atom stereocenters. The van der Waals surface area contributed by atoms with Gasteiger partial charge in [0.2, 0.25) is 0 Å². The minimum Gasteiger partial charge on any atom is -0.0683 e. The molecule has 0 heteroatoms. The third kappa shape index (κ3) is 8.98. The predicted octanol–water partition coefficient (Wildman–Crippen LogP) is 11.1. The largest absolute Gasteiger partial charge is 0.0683 e. The Kier molecular flexibility index (Phi) is 16.6. The second-order valence-corrected chi connectivity index (χ2v) is 12.1. The van der Waals surface area contributed by atoms with Crippen LogP contribution in [0.2, 0.25) is 0 Å². The molecule has 194 valence electrons. The van der Waals surface area contributed by atoms with Crippen LogP contribution in [0.15, 0.2) is 0 Å². The van der Waals surface area contributed by atoms with Crippen molar-refractivity contribution >= 4 is 0 Å². The molecule has 0 nitrogen and oxygen atoms in total. The summed E-state index contributed by atoms with van der Waals surface area (Å²) in [7, 11) is 0. The SMILES string of the molecule is CC.CCC(C)C1CC(C)C(C)C(C)C1.CCCC1C(C(C)CC)CC(C)C(C)C1CC. The molecule has 0 bridgehead atoms. The summed E-state index contributed by atoms with van der Waals surface area (Å²) in [5.74, 6) is 10.6. The molecule has 0 spiro atoms. The molecule has 2 aliphatic carbocycles. The van der Waals surface area contributed by atoms with Gasteiger partial charge >= 0.3 is 0 Å². The van der Waals surface area contributed by atoms with Crippen LogP contribution in [0.5, 0.6) is 0 Å². The normalized spacial score (nSPS) is 39.1. The van der Waals surface area contributed by atoms with E-state index in [1.165, 1.54) is 51.4 Å².